The fourth-order valence-corrected chi connectivity index (χ4v) is 9.60. The lowest BCUT2D eigenvalue weighted by atomic mass is 9.58. The van der Waals surface area contributed by atoms with Crippen molar-refractivity contribution in [3.63, 3.8) is 0 Å². The lowest BCUT2D eigenvalue weighted by Gasteiger charge is -2.47. The Morgan fingerprint density at radius 1 is 1.13 bits per heavy atom. The van der Waals surface area contributed by atoms with Gasteiger partial charge < -0.3 is 9.64 Å². The van der Waals surface area contributed by atoms with E-state index in [9.17, 15) is 4.79 Å². The molecule has 0 radical (unpaired) electrons. The average molecular weight is 433 g/mol. The molecule has 1 aromatic carbocycles. The normalized spacial score (nSPS) is 39.1. The Morgan fingerprint density at radius 3 is 2.58 bits per heavy atom. The molecule has 2 saturated carbocycles. The summed E-state index contributed by atoms with van der Waals surface area (Å²) in [6.07, 6.45) is 9.60. The molecule has 0 N–H and O–H groups in total. The molecule has 5 heteroatoms. The van der Waals surface area contributed by atoms with E-state index in [-0.39, 0.29) is 18.7 Å². The highest BCUT2D eigenvalue weighted by Gasteiger charge is 2.79. The molecule has 0 amide bonds. The van der Waals surface area contributed by atoms with E-state index in [0.29, 0.717) is 30.0 Å². The van der Waals surface area contributed by atoms with Crippen LogP contribution in [0.25, 0.3) is 0 Å². The number of allylic oxidation sites excluding steroid dienone is 4. The Hall–Kier alpha value is -1.38. The summed E-state index contributed by atoms with van der Waals surface area (Å²) in [5.41, 5.74) is 7.37. The molecule has 6 rings (SSSR count). The van der Waals surface area contributed by atoms with Crippen molar-refractivity contribution in [3.05, 3.63) is 52.6 Å². The van der Waals surface area contributed by atoms with Crippen molar-refractivity contribution in [1.29, 1.82) is 0 Å². The van der Waals surface area contributed by atoms with Gasteiger partial charge in [0.25, 0.3) is 0 Å². The zero-order valence-corrected chi connectivity index (χ0v) is 20.2. The Labute approximate surface area is 188 Å². The van der Waals surface area contributed by atoms with Crippen LogP contribution in [0.4, 0.5) is 5.69 Å². The maximum Gasteiger partial charge on any atom is 0.156 e. The van der Waals surface area contributed by atoms with Crippen LogP contribution in [0.15, 0.2) is 47.1 Å². The summed E-state index contributed by atoms with van der Waals surface area (Å²) < 4.78 is 6.84. The van der Waals surface area contributed by atoms with Crippen molar-refractivity contribution in [2.75, 3.05) is 25.7 Å². The van der Waals surface area contributed by atoms with Gasteiger partial charge in [-0.25, -0.2) is 0 Å². The lowest BCUT2D eigenvalue weighted by molar-refractivity contribution is -0.114. The van der Waals surface area contributed by atoms with Crippen LogP contribution in [-0.4, -0.2) is 45.1 Å². The second-order valence-corrected chi connectivity index (χ2v) is 13.3. The van der Waals surface area contributed by atoms with E-state index in [4.69, 9.17) is 4.74 Å². The Kier molecular flexibility index (Phi) is 4.45. The predicted octanol–water partition coefficient (Wildman–Crippen LogP) is 4.77. The van der Waals surface area contributed by atoms with E-state index in [1.54, 1.807) is 11.1 Å². The van der Waals surface area contributed by atoms with Gasteiger partial charge in [-0.15, -0.1) is 7.80 Å². The fraction of sp³-hybridized carbons (Fsp3) is 0.577. The number of carbonyl (C=O) groups is 1. The summed E-state index contributed by atoms with van der Waals surface area (Å²) in [4.78, 5) is 14.3. The number of hydrogen-bond donors (Lipinski definition) is 0. The van der Waals surface area contributed by atoms with E-state index in [0.717, 1.165) is 19.3 Å². The molecule has 0 aromatic heterocycles. The highest BCUT2D eigenvalue weighted by molar-refractivity contribution is 7.83. The van der Waals surface area contributed by atoms with Crippen LogP contribution in [-0.2, 0) is 9.53 Å². The number of carbonyl (C=O) groups excluding carboxylic acids is 1. The number of ketones is 1. The third kappa shape index (κ3) is 2.70. The second-order valence-electron chi connectivity index (χ2n) is 10.8. The molecule has 3 fully saturated rings. The Bertz CT molecular complexity index is 1010. The number of rotatable bonds is 3. The molecule has 5 aliphatic rings. The largest absolute Gasteiger partial charge is 0.378 e. The summed E-state index contributed by atoms with van der Waals surface area (Å²) in [5.74, 6) is 2.06. The molecule has 4 aliphatic carbocycles. The fourth-order valence-electron chi connectivity index (χ4n) is 7.67. The first-order valence-corrected chi connectivity index (χ1v) is 14.2. The third-order valence-corrected chi connectivity index (χ3v) is 11.2. The second kappa shape index (κ2) is 6.81. The zero-order valence-electron chi connectivity index (χ0n) is 19.3. The molecule has 3 nitrogen and oxygen atoms in total. The summed E-state index contributed by atoms with van der Waals surface area (Å²) in [7, 11) is 6.52. The predicted molar refractivity (Wildman–Crippen MR) is 131 cm³/mol. The monoisotopic (exact) mass is 433 g/mol. The maximum absolute atomic E-state index is 12.2. The van der Waals surface area contributed by atoms with Crippen LogP contribution in [0.1, 0.15) is 56.4 Å². The minimum Gasteiger partial charge on any atom is -0.378 e. The van der Waals surface area contributed by atoms with Gasteiger partial charge in [-0.1, -0.05) is 17.7 Å². The van der Waals surface area contributed by atoms with Crippen LogP contribution >= 0.6 is 7.80 Å². The van der Waals surface area contributed by atoms with Crippen molar-refractivity contribution >= 4 is 26.8 Å². The molecule has 162 valence electrons. The standard InChI is InChI=1S/C26H33BNO2P/c1-28(2)18-7-4-16(5-8-18)22-15-25-23(12-13-26(25,30-25)31(3)27)21-10-6-17-14-19(29)9-11-20(17)24(21)22/h4-5,7-8,14,21-23H,6,9-13,15,27H2,1-3H3/t21-,22+,23-,25+,26+,31?/m0/s1. The van der Waals surface area contributed by atoms with E-state index in [1.807, 2.05) is 6.08 Å². The molecule has 1 saturated heterocycles. The number of ether oxygens (including phenoxy) is 1. The average Bonchev–Trinajstić information content (AvgIpc) is 3.29. The van der Waals surface area contributed by atoms with E-state index in [1.165, 1.54) is 36.1 Å². The summed E-state index contributed by atoms with van der Waals surface area (Å²) in [6.45, 7) is 2.43. The van der Waals surface area contributed by atoms with Gasteiger partial charge in [0.1, 0.15) is 18.5 Å². The SMILES string of the molecule is BP(C)[C@]12CC[C@H]3[C@@H]4CCC5=CC(=O)CCC5=C4[C@@H](c4ccc(N(C)C)cc4)C[C@@]31O2. The molecule has 1 aromatic rings. The molecular weight excluding hydrogens is 400 g/mol. The highest BCUT2D eigenvalue weighted by atomic mass is 31.1. The molecule has 1 aliphatic heterocycles. The van der Waals surface area contributed by atoms with Crippen LogP contribution in [0.2, 0.25) is 0 Å². The maximum atomic E-state index is 12.2. The molecule has 31 heavy (non-hydrogen) atoms. The minimum atomic E-state index is -0.111. The van der Waals surface area contributed by atoms with Crippen LogP contribution < -0.4 is 4.90 Å². The van der Waals surface area contributed by atoms with Gasteiger partial charge in [0.05, 0.1) is 0 Å². The van der Waals surface area contributed by atoms with E-state index >= 15 is 0 Å². The number of hydrogen-bond acceptors (Lipinski definition) is 3. The number of nitrogens with zero attached hydrogens (tertiary/aromatic N) is 1. The molecule has 6 atom stereocenters. The molecule has 1 heterocycles. The van der Waals surface area contributed by atoms with Crippen LogP contribution in [0, 0.1) is 11.8 Å². The smallest absolute Gasteiger partial charge is 0.156 e. The number of anilines is 1. The van der Waals surface area contributed by atoms with Gasteiger partial charge in [0.15, 0.2) is 5.78 Å². The topological polar surface area (TPSA) is 32.8 Å². The zero-order chi connectivity index (χ0) is 21.5. The number of fused-ring (bicyclic) bond motifs is 3. The Balaban J connectivity index is 1.49. The summed E-state index contributed by atoms with van der Waals surface area (Å²) in [5, 5.41) is 0.170. The van der Waals surface area contributed by atoms with Gasteiger partial charge in [0, 0.05) is 32.1 Å². The van der Waals surface area contributed by atoms with Gasteiger partial charge in [-0.2, -0.15) is 0 Å². The van der Waals surface area contributed by atoms with E-state index in [2.05, 4.69) is 57.5 Å². The quantitative estimate of drug-likeness (QED) is 0.391. The summed E-state index contributed by atoms with van der Waals surface area (Å²) >= 11 is 0. The van der Waals surface area contributed by atoms with E-state index < -0.39 is 0 Å². The molecule has 1 spiro atoms. The minimum absolute atomic E-state index is 0.105. The summed E-state index contributed by atoms with van der Waals surface area (Å²) in [6, 6.07) is 9.25. The first kappa shape index (κ1) is 20.2. The van der Waals surface area contributed by atoms with Crippen LogP contribution in [0.5, 0.6) is 0 Å². The number of benzene rings is 1. The highest BCUT2D eigenvalue weighted by Crippen LogP contribution is 2.80. The molecule has 1 unspecified atom stereocenters. The van der Waals surface area contributed by atoms with Gasteiger partial charge in [0.2, 0.25) is 0 Å². The first-order valence-electron chi connectivity index (χ1n) is 12.0. The molecular formula is C26H33BNO2P. The first-order chi connectivity index (χ1) is 14.9. The van der Waals surface area contributed by atoms with Gasteiger partial charge in [-0.3, -0.25) is 4.79 Å². The van der Waals surface area contributed by atoms with Crippen LogP contribution in [0.3, 0.4) is 0 Å². The van der Waals surface area contributed by atoms with Crippen molar-refractivity contribution in [2.24, 2.45) is 11.8 Å². The van der Waals surface area contributed by atoms with Crippen molar-refractivity contribution in [2.45, 2.75) is 61.8 Å². The van der Waals surface area contributed by atoms with Crippen molar-refractivity contribution in [1.82, 2.24) is 0 Å². The molecule has 0 bridgehead atoms. The number of epoxide rings is 1. The van der Waals surface area contributed by atoms with Gasteiger partial charge >= 0.3 is 0 Å². The third-order valence-electron chi connectivity index (χ3n) is 9.08. The van der Waals surface area contributed by atoms with Crippen molar-refractivity contribution in [3.8, 4) is 0 Å². The van der Waals surface area contributed by atoms with Gasteiger partial charge in [-0.05, 0) is 91.9 Å². The lowest BCUT2D eigenvalue weighted by Crippen LogP contribution is -2.42. The van der Waals surface area contributed by atoms with Crippen molar-refractivity contribution < 1.29 is 9.53 Å². The Morgan fingerprint density at radius 2 is 1.90 bits per heavy atom.